The van der Waals surface area contributed by atoms with Gasteiger partial charge < -0.3 is 15.0 Å². The molecule has 5 nitrogen and oxygen atoms in total. The van der Waals surface area contributed by atoms with Gasteiger partial charge in [-0.05, 0) is 51.8 Å². The van der Waals surface area contributed by atoms with Crippen LogP contribution < -0.4 is 10.1 Å². The lowest BCUT2D eigenvalue weighted by molar-refractivity contribution is -0.143. The van der Waals surface area contributed by atoms with Gasteiger partial charge in [0.25, 0.3) is 5.91 Å². The van der Waals surface area contributed by atoms with E-state index in [0.717, 1.165) is 11.1 Å². The number of hydrogen-bond acceptors (Lipinski definition) is 3. The Labute approximate surface area is 184 Å². The largest absolute Gasteiger partial charge is 0.482 e. The molecule has 0 saturated heterocycles. The molecule has 2 aromatic rings. The number of carbonyl (C=O) groups excluding carboxylic acids is 2. The molecule has 30 heavy (non-hydrogen) atoms. The predicted octanol–water partition coefficient (Wildman–Crippen LogP) is 4.75. The Morgan fingerprint density at radius 3 is 2.43 bits per heavy atom. The monoisotopic (exact) mass is 430 g/mol. The molecule has 0 aliphatic carbocycles. The first-order chi connectivity index (χ1) is 14.1. The minimum Gasteiger partial charge on any atom is -0.482 e. The molecule has 0 spiro atoms. The third-order valence-electron chi connectivity index (χ3n) is 4.51. The highest BCUT2D eigenvalue weighted by molar-refractivity contribution is 6.32. The minimum absolute atomic E-state index is 0.177. The number of nitrogens with one attached hydrogen (secondary N) is 1. The van der Waals surface area contributed by atoms with Crippen molar-refractivity contribution >= 4 is 23.4 Å². The molecule has 0 aliphatic rings. The summed E-state index contributed by atoms with van der Waals surface area (Å²) in [5.41, 5.74) is 1.67. The van der Waals surface area contributed by atoms with Gasteiger partial charge in [-0.1, -0.05) is 60.5 Å². The van der Waals surface area contributed by atoms with E-state index in [1.54, 1.807) is 29.2 Å². The Bertz CT molecular complexity index is 877. The number of para-hydroxylation sites is 1. The van der Waals surface area contributed by atoms with E-state index in [0.29, 0.717) is 23.7 Å². The van der Waals surface area contributed by atoms with Crippen molar-refractivity contribution in [3.8, 4) is 5.75 Å². The number of benzene rings is 2. The van der Waals surface area contributed by atoms with Crippen LogP contribution in [0.3, 0.4) is 0 Å². The summed E-state index contributed by atoms with van der Waals surface area (Å²) in [6.07, 6.45) is 0.492. The number of nitrogens with zero attached hydrogens (tertiary/aromatic N) is 1. The summed E-state index contributed by atoms with van der Waals surface area (Å²) in [6.45, 7) is 9.79. The topological polar surface area (TPSA) is 58.6 Å². The maximum Gasteiger partial charge on any atom is 0.261 e. The van der Waals surface area contributed by atoms with Gasteiger partial charge in [0, 0.05) is 12.1 Å². The number of halogens is 1. The molecule has 162 valence electrons. The zero-order valence-electron chi connectivity index (χ0n) is 18.4. The first-order valence-electron chi connectivity index (χ1n) is 10.1. The molecule has 0 aromatic heterocycles. The first-order valence-corrected chi connectivity index (χ1v) is 10.5. The zero-order valence-corrected chi connectivity index (χ0v) is 19.1. The Morgan fingerprint density at radius 1 is 1.13 bits per heavy atom. The van der Waals surface area contributed by atoms with Crippen molar-refractivity contribution < 1.29 is 14.3 Å². The maximum absolute atomic E-state index is 13.2. The normalized spacial score (nSPS) is 12.2. The molecule has 6 heteroatoms. The molecule has 0 aliphatic heterocycles. The lowest BCUT2D eigenvalue weighted by atomic mass is 10.1. The molecule has 0 bridgehead atoms. The Hall–Kier alpha value is -2.53. The summed E-state index contributed by atoms with van der Waals surface area (Å²) in [4.78, 5) is 27.7. The van der Waals surface area contributed by atoms with Crippen molar-refractivity contribution in [1.29, 1.82) is 0 Å². The average molecular weight is 431 g/mol. The zero-order chi connectivity index (χ0) is 22.3. The van der Waals surface area contributed by atoms with E-state index in [1.165, 1.54) is 0 Å². The van der Waals surface area contributed by atoms with Crippen molar-refractivity contribution in [2.45, 2.75) is 59.2 Å². The second-order valence-corrected chi connectivity index (χ2v) is 8.80. The summed E-state index contributed by atoms with van der Waals surface area (Å²) in [5, 5.41) is 3.43. The van der Waals surface area contributed by atoms with Gasteiger partial charge >= 0.3 is 0 Å². The summed E-state index contributed by atoms with van der Waals surface area (Å²) in [5.74, 6) is -0.00806. The van der Waals surface area contributed by atoms with Crippen LogP contribution in [-0.4, -0.2) is 34.9 Å². The van der Waals surface area contributed by atoms with Gasteiger partial charge in [0.15, 0.2) is 6.61 Å². The highest BCUT2D eigenvalue weighted by atomic mass is 35.5. The van der Waals surface area contributed by atoms with Crippen LogP contribution in [0.2, 0.25) is 5.02 Å². The molecule has 0 saturated carbocycles. The summed E-state index contributed by atoms with van der Waals surface area (Å²) >= 11 is 6.13. The third-order valence-corrected chi connectivity index (χ3v) is 4.82. The molecular formula is C24H31ClN2O3. The van der Waals surface area contributed by atoms with Crippen LogP contribution in [0.4, 0.5) is 0 Å². The van der Waals surface area contributed by atoms with Crippen molar-refractivity contribution in [3.63, 3.8) is 0 Å². The standard InChI is InChI=1S/C24H31ClN2O3/c1-6-20(23(29)26-24(3,4)5)27(15-18-11-9-10-17(2)14-18)22(28)16-30-21-13-8-7-12-19(21)25/h7-14,20H,6,15-16H2,1-5H3,(H,26,29). The van der Waals surface area contributed by atoms with Gasteiger partial charge in [-0.3, -0.25) is 9.59 Å². The van der Waals surface area contributed by atoms with Gasteiger partial charge in [-0.25, -0.2) is 0 Å². The molecule has 0 fully saturated rings. The first kappa shape index (κ1) is 23.7. The Balaban J connectivity index is 2.25. The number of amides is 2. The molecule has 1 unspecified atom stereocenters. The molecule has 0 heterocycles. The average Bonchev–Trinajstić information content (AvgIpc) is 2.65. The molecule has 0 radical (unpaired) electrons. The minimum atomic E-state index is -0.605. The van der Waals surface area contributed by atoms with Gasteiger partial charge in [0.2, 0.25) is 5.91 Å². The van der Waals surface area contributed by atoms with Crippen LogP contribution in [0.25, 0.3) is 0 Å². The highest BCUT2D eigenvalue weighted by Gasteiger charge is 2.31. The molecule has 2 rings (SSSR count). The van der Waals surface area contributed by atoms with Crippen LogP contribution in [-0.2, 0) is 16.1 Å². The summed E-state index contributed by atoms with van der Waals surface area (Å²) < 4.78 is 5.66. The van der Waals surface area contributed by atoms with Crippen molar-refractivity contribution in [2.24, 2.45) is 0 Å². The number of ether oxygens (including phenoxy) is 1. The van der Waals surface area contributed by atoms with Crippen molar-refractivity contribution in [2.75, 3.05) is 6.61 Å². The third kappa shape index (κ3) is 7.06. The lowest BCUT2D eigenvalue weighted by Crippen LogP contribution is -2.54. The van der Waals surface area contributed by atoms with Crippen LogP contribution >= 0.6 is 11.6 Å². The van der Waals surface area contributed by atoms with Crippen molar-refractivity contribution in [3.05, 3.63) is 64.7 Å². The number of rotatable bonds is 8. The summed E-state index contributed by atoms with van der Waals surface area (Å²) in [7, 11) is 0. The molecule has 1 atom stereocenters. The quantitative estimate of drug-likeness (QED) is 0.657. The van der Waals surface area contributed by atoms with Gasteiger partial charge in [0.05, 0.1) is 5.02 Å². The van der Waals surface area contributed by atoms with E-state index in [-0.39, 0.29) is 18.4 Å². The van der Waals surface area contributed by atoms with E-state index in [4.69, 9.17) is 16.3 Å². The van der Waals surface area contributed by atoms with Crippen molar-refractivity contribution in [1.82, 2.24) is 10.2 Å². The van der Waals surface area contributed by atoms with Gasteiger partial charge in [0.1, 0.15) is 11.8 Å². The fraction of sp³-hybridized carbons (Fsp3) is 0.417. The fourth-order valence-electron chi connectivity index (χ4n) is 3.16. The Kier molecular flexibility index (Phi) is 8.30. The van der Waals surface area contributed by atoms with E-state index >= 15 is 0 Å². The second kappa shape index (κ2) is 10.5. The highest BCUT2D eigenvalue weighted by Crippen LogP contribution is 2.23. The Morgan fingerprint density at radius 2 is 1.83 bits per heavy atom. The molecular weight excluding hydrogens is 400 g/mol. The molecule has 2 aromatic carbocycles. The van der Waals surface area contributed by atoms with Crippen LogP contribution in [0.5, 0.6) is 5.75 Å². The number of carbonyl (C=O) groups is 2. The fourth-order valence-corrected chi connectivity index (χ4v) is 3.35. The SMILES string of the molecule is CCC(C(=O)NC(C)(C)C)N(Cc1cccc(C)c1)C(=O)COc1ccccc1Cl. The number of aryl methyl sites for hydroxylation is 1. The smallest absolute Gasteiger partial charge is 0.261 e. The van der Waals surface area contributed by atoms with E-state index in [9.17, 15) is 9.59 Å². The lowest BCUT2D eigenvalue weighted by Gasteiger charge is -2.33. The van der Waals surface area contributed by atoms with Crippen LogP contribution in [0.15, 0.2) is 48.5 Å². The maximum atomic E-state index is 13.2. The number of hydrogen-bond donors (Lipinski definition) is 1. The predicted molar refractivity (Wildman–Crippen MR) is 121 cm³/mol. The molecule has 2 amide bonds. The van der Waals surface area contributed by atoms with E-state index in [2.05, 4.69) is 5.32 Å². The summed E-state index contributed by atoms with van der Waals surface area (Å²) in [6, 6.07) is 14.3. The second-order valence-electron chi connectivity index (χ2n) is 8.39. The van der Waals surface area contributed by atoms with Gasteiger partial charge in [-0.15, -0.1) is 0 Å². The van der Waals surface area contributed by atoms with E-state index in [1.807, 2.05) is 58.9 Å². The van der Waals surface area contributed by atoms with E-state index < -0.39 is 11.6 Å². The van der Waals surface area contributed by atoms with Crippen LogP contribution in [0, 0.1) is 6.92 Å². The molecule has 1 N–H and O–H groups in total. The van der Waals surface area contributed by atoms with Gasteiger partial charge in [-0.2, -0.15) is 0 Å². The van der Waals surface area contributed by atoms with Crippen LogP contribution in [0.1, 0.15) is 45.2 Å².